The molecule has 1 N–H and O–H groups in total. The third-order valence-electron chi connectivity index (χ3n) is 2.36. The number of hydrogen-bond acceptors (Lipinski definition) is 2. The maximum absolute atomic E-state index is 5.81. The standard InChI is InChI=1S/C9H19NO/c1-7(2)8(3)11-9-4-5-10-6-9/h7-10H,4-6H2,1-3H3/t8?,9-/m1/s1. The van der Waals surface area contributed by atoms with Crippen LogP contribution in [0.25, 0.3) is 0 Å². The lowest BCUT2D eigenvalue weighted by Crippen LogP contribution is -2.25. The van der Waals surface area contributed by atoms with Gasteiger partial charge in [-0.3, -0.25) is 0 Å². The molecule has 0 amide bonds. The van der Waals surface area contributed by atoms with Gasteiger partial charge in [-0.15, -0.1) is 0 Å². The Kier molecular flexibility index (Phi) is 3.34. The third-order valence-corrected chi connectivity index (χ3v) is 2.36. The summed E-state index contributed by atoms with van der Waals surface area (Å²) in [7, 11) is 0. The van der Waals surface area contributed by atoms with Crippen LogP contribution < -0.4 is 5.32 Å². The largest absolute Gasteiger partial charge is 0.374 e. The highest BCUT2D eigenvalue weighted by molar-refractivity contribution is 4.72. The van der Waals surface area contributed by atoms with Crippen LogP contribution in [0.15, 0.2) is 0 Å². The van der Waals surface area contributed by atoms with Gasteiger partial charge in [0, 0.05) is 6.54 Å². The van der Waals surface area contributed by atoms with Gasteiger partial charge in [-0.05, 0) is 25.8 Å². The predicted octanol–water partition coefficient (Wildman–Crippen LogP) is 1.41. The highest BCUT2D eigenvalue weighted by Crippen LogP contribution is 2.12. The first-order chi connectivity index (χ1) is 5.20. The summed E-state index contributed by atoms with van der Waals surface area (Å²) in [5.41, 5.74) is 0. The lowest BCUT2D eigenvalue weighted by molar-refractivity contribution is -0.0146. The van der Waals surface area contributed by atoms with Gasteiger partial charge in [-0.2, -0.15) is 0 Å². The summed E-state index contributed by atoms with van der Waals surface area (Å²) in [6.07, 6.45) is 2.05. The van der Waals surface area contributed by atoms with Crippen molar-refractivity contribution in [2.24, 2.45) is 5.92 Å². The highest BCUT2D eigenvalue weighted by atomic mass is 16.5. The maximum atomic E-state index is 5.81. The van der Waals surface area contributed by atoms with Crippen LogP contribution in [0, 0.1) is 5.92 Å². The zero-order chi connectivity index (χ0) is 8.27. The van der Waals surface area contributed by atoms with Crippen LogP contribution in [0.4, 0.5) is 0 Å². The van der Waals surface area contributed by atoms with Gasteiger partial charge in [-0.25, -0.2) is 0 Å². The molecule has 1 unspecified atom stereocenters. The second kappa shape index (κ2) is 4.07. The van der Waals surface area contributed by atoms with Crippen LogP contribution in [0.2, 0.25) is 0 Å². The predicted molar refractivity (Wildman–Crippen MR) is 46.7 cm³/mol. The topological polar surface area (TPSA) is 21.3 Å². The molecule has 1 heterocycles. The Morgan fingerprint density at radius 3 is 2.55 bits per heavy atom. The summed E-state index contributed by atoms with van der Waals surface area (Å²) in [5.74, 6) is 0.635. The molecule has 0 radical (unpaired) electrons. The Morgan fingerprint density at radius 1 is 1.36 bits per heavy atom. The molecule has 1 aliphatic rings. The van der Waals surface area contributed by atoms with E-state index in [-0.39, 0.29) is 0 Å². The first-order valence-corrected chi connectivity index (χ1v) is 4.56. The lowest BCUT2D eigenvalue weighted by Gasteiger charge is -2.20. The van der Waals surface area contributed by atoms with Crippen molar-refractivity contribution in [3.8, 4) is 0 Å². The molecule has 0 aromatic carbocycles. The SMILES string of the molecule is CC(C)C(C)O[C@@H]1CCNC1. The molecule has 66 valence electrons. The van der Waals surface area contributed by atoms with Crippen molar-refractivity contribution in [3.05, 3.63) is 0 Å². The molecule has 2 atom stereocenters. The first kappa shape index (κ1) is 9.01. The van der Waals surface area contributed by atoms with Crippen molar-refractivity contribution in [2.75, 3.05) is 13.1 Å². The molecular formula is C9H19NO. The van der Waals surface area contributed by atoms with Crippen LogP contribution in [-0.4, -0.2) is 25.3 Å². The molecule has 1 aliphatic heterocycles. The van der Waals surface area contributed by atoms with Crippen molar-refractivity contribution in [1.29, 1.82) is 0 Å². The van der Waals surface area contributed by atoms with E-state index in [0.717, 1.165) is 13.1 Å². The van der Waals surface area contributed by atoms with E-state index in [1.807, 2.05) is 0 Å². The lowest BCUT2D eigenvalue weighted by atomic mass is 10.1. The van der Waals surface area contributed by atoms with Crippen molar-refractivity contribution in [2.45, 2.75) is 39.4 Å². The Morgan fingerprint density at radius 2 is 2.09 bits per heavy atom. The molecule has 2 heteroatoms. The monoisotopic (exact) mass is 157 g/mol. The summed E-state index contributed by atoms with van der Waals surface area (Å²) < 4.78 is 5.81. The zero-order valence-electron chi connectivity index (χ0n) is 7.76. The summed E-state index contributed by atoms with van der Waals surface area (Å²) in [6, 6.07) is 0. The summed E-state index contributed by atoms with van der Waals surface area (Å²) >= 11 is 0. The number of nitrogens with one attached hydrogen (secondary N) is 1. The van der Waals surface area contributed by atoms with E-state index in [4.69, 9.17) is 4.74 Å². The van der Waals surface area contributed by atoms with E-state index < -0.39 is 0 Å². The molecular weight excluding hydrogens is 138 g/mol. The molecule has 1 saturated heterocycles. The minimum atomic E-state index is 0.403. The summed E-state index contributed by atoms with van der Waals surface area (Å²) in [6.45, 7) is 8.72. The fourth-order valence-corrected chi connectivity index (χ4v) is 1.21. The van der Waals surface area contributed by atoms with E-state index in [1.54, 1.807) is 0 Å². The zero-order valence-corrected chi connectivity index (χ0v) is 7.76. The quantitative estimate of drug-likeness (QED) is 0.669. The Bertz CT molecular complexity index is 108. The van der Waals surface area contributed by atoms with Gasteiger partial charge >= 0.3 is 0 Å². The maximum Gasteiger partial charge on any atom is 0.0715 e. The highest BCUT2D eigenvalue weighted by Gasteiger charge is 2.18. The van der Waals surface area contributed by atoms with Gasteiger partial charge in [0.05, 0.1) is 12.2 Å². The van der Waals surface area contributed by atoms with E-state index in [9.17, 15) is 0 Å². The first-order valence-electron chi connectivity index (χ1n) is 4.56. The minimum absolute atomic E-state index is 0.403. The van der Waals surface area contributed by atoms with Crippen molar-refractivity contribution in [1.82, 2.24) is 5.32 Å². The molecule has 0 aliphatic carbocycles. The Balaban J connectivity index is 2.18. The van der Waals surface area contributed by atoms with Gasteiger partial charge in [-0.1, -0.05) is 13.8 Å². The smallest absolute Gasteiger partial charge is 0.0715 e. The van der Waals surface area contributed by atoms with Gasteiger partial charge in [0.25, 0.3) is 0 Å². The molecule has 1 fully saturated rings. The van der Waals surface area contributed by atoms with Crippen molar-refractivity contribution < 1.29 is 4.74 Å². The van der Waals surface area contributed by atoms with Crippen molar-refractivity contribution >= 4 is 0 Å². The molecule has 0 saturated carbocycles. The molecule has 0 aromatic rings. The van der Waals surface area contributed by atoms with Crippen molar-refractivity contribution in [3.63, 3.8) is 0 Å². The fourth-order valence-electron chi connectivity index (χ4n) is 1.21. The Labute approximate surface area is 69.3 Å². The van der Waals surface area contributed by atoms with Crippen LogP contribution in [0.1, 0.15) is 27.2 Å². The van der Waals surface area contributed by atoms with Crippen LogP contribution >= 0.6 is 0 Å². The van der Waals surface area contributed by atoms with Crippen LogP contribution in [0.3, 0.4) is 0 Å². The average molecular weight is 157 g/mol. The van der Waals surface area contributed by atoms with Gasteiger partial charge in [0.1, 0.15) is 0 Å². The third kappa shape index (κ3) is 2.80. The molecule has 2 nitrogen and oxygen atoms in total. The number of hydrogen-bond donors (Lipinski definition) is 1. The molecule has 0 bridgehead atoms. The summed E-state index contributed by atoms with van der Waals surface area (Å²) in [5, 5.41) is 3.29. The summed E-state index contributed by atoms with van der Waals surface area (Å²) in [4.78, 5) is 0. The minimum Gasteiger partial charge on any atom is -0.374 e. The van der Waals surface area contributed by atoms with Gasteiger partial charge in [0.2, 0.25) is 0 Å². The van der Waals surface area contributed by atoms with E-state index >= 15 is 0 Å². The van der Waals surface area contributed by atoms with Crippen LogP contribution in [-0.2, 0) is 4.74 Å². The normalized spacial score (nSPS) is 27.8. The second-order valence-electron chi connectivity index (χ2n) is 3.70. The van der Waals surface area contributed by atoms with Gasteiger partial charge in [0.15, 0.2) is 0 Å². The fraction of sp³-hybridized carbons (Fsp3) is 1.00. The van der Waals surface area contributed by atoms with E-state index in [0.29, 0.717) is 18.1 Å². The Hall–Kier alpha value is -0.0800. The number of rotatable bonds is 3. The number of ether oxygens (including phenoxy) is 1. The second-order valence-corrected chi connectivity index (χ2v) is 3.70. The van der Waals surface area contributed by atoms with Gasteiger partial charge < -0.3 is 10.1 Å². The van der Waals surface area contributed by atoms with E-state index in [1.165, 1.54) is 6.42 Å². The average Bonchev–Trinajstić information content (AvgIpc) is 2.39. The van der Waals surface area contributed by atoms with E-state index in [2.05, 4.69) is 26.1 Å². The molecule has 0 spiro atoms. The molecule has 11 heavy (non-hydrogen) atoms. The van der Waals surface area contributed by atoms with Crippen LogP contribution in [0.5, 0.6) is 0 Å². The molecule has 1 rings (SSSR count). The molecule has 0 aromatic heterocycles.